The van der Waals surface area contributed by atoms with Gasteiger partial charge in [0.25, 0.3) is 0 Å². The highest BCUT2D eigenvalue weighted by Crippen LogP contribution is 2.30. The summed E-state index contributed by atoms with van der Waals surface area (Å²) in [4.78, 5) is 12.0. The summed E-state index contributed by atoms with van der Waals surface area (Å²) >= 11 is 1.45. The first kappa shape index (κ1) is 11.1. The van der Waals surface area contributed by atoms with Gasteiger partial charge in [-0.1, -0.05) is 12.1 Å². The zero-order valence-electron chi connectivity index (χ0n) is 9.84. The number of benzene rings is 1. The predicted molar refractivity (Wildman–Crippen MR) is 73.6 cm³/mol. The number of nitrogens with one attached hydrogen (secondary N) is 1. The number of aromatic nitrogens is 3. The summed E-state index contributed by atoms with van der Waals surface area (Å²) < 4.78 is 0. The fraction of sp³-hybridized carbons (Fsp3) is 0.0769. The average molecular weight is 256 g/mol. The van der Waals surface area contributed by atoms with Crippen molar-refractivity contribution in [3.63, 3.8) is 0 Å². The van der Waals surface area contributed by atoms with Crippen molar-refractivity contribution in [2.45, 2.75) is 17.1 Å². The van der Waals surface area contributed by atoms with E-state index in [-0.39, 0.29) is 0 Å². The van der Waals surface area contributed by atoms with Crippen LogP contribution in [0.1, 0.15) is 5.56 Å². The lowest BCUT2D eigenvalue weighted by Gasteiger charge is -2.04. The van der Waals surface area contributed by atoms with Crippen molar-refractivity contribution in [1.82, 2.24) is 15.0 Å². The number of nitrogens with zero attached hydrogens (tertiary/aromatic N) is 2. The van der Waals surface area contributed by atoms with E-state index in [0.29, 0.717) is 5.69 Å². The highest BCUT2D eigenvalue weighted by atomic mass is 32.2. The monoisotopic (exact) mass is 256 g/mol. The van der Waals surface area contributed by atoms with Crippen molar-refractivity contribution in [2.75, 3.05) is 5.73 Å². The number of H-pyrrole nitrogens is 1. The van der Waals surface area contributed by atoms with Crippen LogP contribution in [-0.4, -0.2) is 15.0 Å². The quantitative estimate of drug-likeness (QED) is 0.739. The van der Waals surface area contributed by atoms with E-state index in [9.17, 15) is 0 Å². The summed E-state index contributed by atoms with van der Waals surface area (Å²) in [6, 6.07) is 9.82. The molecule has 2 heterocycles. The number of para-hydroxylation sites is 2. The van der Waals surface area contributed by atoms with Crippen molar-refractivity contribution >= 4 is 28.5 Å². The molecule has 0 saturated carbocycles. The molecule has 18 heavy (non-hydrogen) atoms. The Balaban J connectivity index is 1.99. The lowest BCUT2D eigenvalue weighted by Crippen LogP contribution is -1.94. The van der Waals surface area contributed by atoms with Crippen LogP contribution in [0.2, 0.25) is 0 Å². The Morgan fingerprint density at radius 2 is 2.06 bits per heavy atom. The first-order valence-corrected chi connectivity index (χ1v) is 6.39. The van der Waals surface area contributed by atoms with Crippen molar-refractivity contribution in [1.29, 1.82) is 0 Å². The van der Waals surface area contributed by atoms with Crippen molar-refractivity contribution in [3.8, 4) is 0 Å². The van der Waals surface area contributed by atoms with Gasteiger partial charge in [-0.2, -0.15) is 0 Å². The number of imidazole rings is 1. The summed E-state index contributed by atoms with van der Waals surface area (Å²) in [6.07, 6.45) is 1.76. The Hall–Kier alpha value is -2.01. The molecular formula is C13H12N4S. The number of rotatable bonds is 2. The predicted octanol–water partition coefficient (Wildman–Crippen LogP) is 3.00. The van der Waals surface area contributed by atoms with Gasteiger partial charge >= 0.3 is 0 Å². The zero-order chi connectivity index (χ0) is 12.5. The molecule has 2 aromatic heterocycles. The summed E-state index contributed by atoms with van der Waals surface area (Å²) in [6.45, 7) is 1.97. The van der Waals surface area contributed by atoms with Gasteiger partial charge in [-0.25, -0.2) is 9.97 Å². The zero-order valence-corrected chi connectivity index (χ0v) is 10.7. The van der Waals surface area contributed by atoms with E-state index in [1.807, 2.05) is 37.3 Å². The fourth-order valence-corrected chi connectivity index (χ4v) is 2.57. The molecule has 0 unspecified atom stereocenters. The topological polar surface area (TPSA) is 67.6 Å². The Morgan fingerprint density at radius 1 is 1.22 bits per heavy atom. The number of nitrogens with two attached hydrogens (primary N) is 1. The van der Waals surface area contributed by atoms with Crippen LogP contribution < -0.4 is 5.73 Å². The number of hydrogen-bond acceptors (Lipinski definition) is 4. The van der Waals surface area contributed by atoms with Gasteiger partial charge in [0.05, 0.1) is 16.7 Å². The standard InChI is InChI=1S/C13H12N4S/c1-8-6-7-15-12(11(8)14)18-13-16-9-4-2-3-5-10(9)17-13/h2-7H,14H2,1H3,(H,16,17). The SMILES string of the molecule is Cc1ccnc(Sc2nc3ccccc3[nH]2)c1N. The van der Waals surface area contributed by atoms with Crippen LogP contribution in [0.15, 0.2) is 46.7 Å². The van der Waals surface area contributed by atoms with E-state index in [1.165, 1.54) is 11.8 Å². The third-order valence-corrected chi connectivity index (χ3v) is 3.64. The maximum Gasteiger partial charge on any atom is 0.172 e. The second-order valence-corrected chi connectivity index (χ2v) is 4.99. The highest BCUT2D eigenvalue weighted by Gasteiger charge is 2.08. The van der Waals surface area contributed by atoms with Gasteiger partial charge in [0.1, 0.15) is 5.03 Å². The van der Waals surface area contributed by atoms with Gasteiger partial charge < -0.3 is 10.7 Å². The molecule has 0 radical (unpaired) electrons. The van der Waals surface area contributed by atoms with E-state index in [1.54, 1.807) is 6.20 Å². The van der Waals surface area contributed by atoms with Crippen LogP contribution >= 0.6 is 11.8 Å². The molecule has 3 N–H and O–H groups in total. The minimum Gasteiger partial charge on any atom is -0.396 e. The molecule has 0 amide bonds. The van der Waals surface area contributed by atoms with Crippen LogP contribution in [0.4, 0.5) is 5.69 Å². The average Bonchev–Trinajstić information content (AvgIpc) is 2.77. The molecule has 3 rings (SSSR count). The Morgan fingerprint density at radius 3 is 2.89 bits per heavy atom. The smallest absolute Gasteiger partial charge is 0.172 e. The third kappa shape index (κ3) is 1.93. The third-order valence-electron chi connectivity index (χ3n) is 2.73. The van der Waals surface area contributed by atoms with Crippen LogP contribution in [0.3, 0.4) is 0 Å². The molecule has 4 nitrogen and oxygen atoms in total. The van der Waals surface area contributed by atoms with Crippen LogP contribution in [0, 0.1) is 6.92 Å². The molecule has 0 bridgehead atoms. The summed E-state index contributed by atoms with van der Waals surface area (Å²) in [7, 11) is 0. The second-order valence-electron chi connectivity index (χ2n) is 4.01. The molecule has 5 heteroatoms. The van der Waals surface area contributed by atoms with Gasteiger partial charge in [-0.05, 0) is 42.4 Å². The first-order chi connectivity index (χ1) is 8.74. The summed E-state index contributed by atoms with van der Waals surface area (Å²) in [5.41, 5.74) is 9.71. The van der Waals surface area contributed by atoms with Crippen LogP contribution in [0.25, 0.3) is 11.0 Å². The van der Waals surface area contributed by atoms with Crippen molar-refractivity contribution in [3.05, 3.63) is 42.1 Å². The Bertz CT molecular complexity index is 672. The van der Waals surface area contributed by atoms with Gasteiger partial charge in [-0.3, -0.25) is 0 Å². The Kier molecular flexibility index (Phi) is 2.68. The lowest BCUT2D eigenvalue weighted by molar-refractivity contribution is 1.05. The highest BCUT2D eigenvalue weighted by molar-refractivity contribution is 7.99. The second kappa shape index (κ2) is 4.34. The Labute approximate surface area is 109 Å². The van der Waals surface area contributed by atoms with E-state index in [0.717, 1.165) is 26.8 Å². The maximum absolute atomic E-state index is 6.00. The molecule has 0 aliphatic carbocycles. The van der Waals surface area contributed by atoms with E-state index in [4.69, 9.17) is 5.73 Å². The maximum atomic E-state index is 6.00. The molecule has 0 atom stereocenters. The lowest BCUT2D eigenvalue weighted by atomic mass is 10.3. The summed E-state index contributed by atoms with van der Waals surface area (Å²) in [5, 5.41) is 1.59. The van der Waals surface area contributed by atoms with Crippen LogP contribution in [-0.2, 0) is 0 Å². The van der Waals surface area contributed by atoms with Gasteiger partial charge in [-0.15, -0.1) is 0 Å². The number of aryl methyl sites for hydroxylation is 1. The van der Waals surface area contributed by atoms with Gasteiger partial charge in [0.15, 0.2) is 5.16 Å². The van der Waals surface area contributed by atoms with E-state index < -0.39 is 0 Å². The number of hydrogen-bond donors (Lipinski definition) is 2. The molecule has 0 spiro atoms. The number of fused-ring (bicyclic) bond motifs is 1. The van der Waals surface area contributed by atoms with E-state index >= 15 is 0 Å². The van der Waals surface area contributed by atoms with E-state index in [2.05, 4.69) is 15.0 Å². The first-order valence-electron chi connectivity index (χ1n) is 5.58. The molecule has 1 aromatic carbocycles. The normalized spacial score (nSPS) is 10.9. The number of aromatic amines is 1. The van der Waals surface area contributed by atoms with Crippen LogP contribution in [0.5, 0.6) is 0 Å². The molecule has 0 aliphatic rings. The number of anilines is 1. The molecular weight excluding hydrogens is 244 g/mol. The fourth-order valence-electron chi connectivity index (χ4n) is 1.70. The van der Waals surface area contributed by atoms with Crippen molar-refractivity contribution in [2.24, 2.45) is 0 Å². The van der Waals surface area contributed by atoms with Gasteiger partial charge in [0.2, 0.25) is 0 Å². The molecule has 90 valence electrons. The number of pyridine rings is 1. The molecule has 0 saturated heterocycles. The molecule has 3 aromatic rings. The van der Waals surface area contributed by atoms with Gasteiger partial charge in [0, 0.05) is 6.20 Å². The minimum absolute atomic E-state index is 0.711. The largest absolute Gasteiger partial charge is 0.396 e. The van der Waals surface area contributed by atoms with Crippen molar-refractivity contribution < 1.29 is 0 Å². The summed E-state index contributed by atoms with van der Waals surface area (Å²) in [5.74, 6) is 0. The minimum atomic E-state index is 0.711. The number of nitrogen functional groups attached to an aromatic ring is 1. The molecule has 0 fully saturated rings. The molecule has 0 aliphatic heterocycles.